The van der Waals surface area contributed by atoms with Gasteiger partial charge in [0.1, 0.15) is 7.14 Å². The normalized spacial score (nSPS) is 27.3. The van der Waals surface area contributed by atoms with Gasteiger partial charge in [0.25, 0.3) is 0 Å². The first-order valence-electron chi connectivity index (χ1n) is 4.55. The third kappa shape index (κ3) is 1.38. The molecule has 0 radical (unpaired) electrons. The quantitative estimate of drug-likeness (QED) is 0.625. The number of rotatable bonds is 1. The lowest BCUT2D eigenvalue weighted by Crippen LogP contribution is -2.04. The molecule has 68 valence electrons. The second-order valence-electron chi connectivity index (χ2n) is 3.43. The summed E-state index contributed by atoms with van der Waals surface area (Å²) in [6, 6.07) is 9.83. The van der Waals surface area contributed by atoms with Gasteiger partial charge in [-0.3, -0.25) is 0 Å². The van der Waals surface area contributed by atoms with Gasteiger partial charge in [0, 0.05) is 11.5 Å². The Labute approximate surface area is 78.9 Å². The van der Waals surface area contributed by atoms with Crippen LogP contribution in [-0.2, 0) is 4.57 Å². The highest BCUT2D eigenvalue weighted by molar-refractivity contribution is 7.75. The standard InChI is InChI=1S/C11H13OP/c1-10-6-5-9-13(10,12)11-7-3-2-4-8-11/h2-4,6-8H,5,9H2,1H3/t13-/m0/s1. The first-order chi connectivity index (χ1) is 6.23. The van der Waals surface area contributed by atoms with Gasteiger partial charge in [0.15, 0.2) is 0 Å². The molecule has 2 heteroatoms. The summed E-state index contributed by atoms with van der Waals surface area (Å²) in [5.74, 6) is 0. The minimum absolute atomic E-state index is 0.822. The van der Waals surface area contributed by atoms with Crippen molar-refractivity contribution in [3.8, 4) is 0 Å². The molecular formula is C11H13OP. The zero-order chi connectivity index (χ0) is 9.31. The van der Waals surface area contributed by atoms with Crippen molar-refractivity contribution in [3.05, 3.63) is 41.7 Å². The smallest absolute Gasteiger partial charge is 0.139 e. The second kappa shape index (κ2) is 3.16. The van der Waals surface area contributed by atoms with Gasteiger partial charge < -0.3 is 4.57 Å². The molecule has 0 bridgehead atoms. The van der Waals surface area contributed by atoms with E-state index in [9.17, 15) is 4.57 Å². The highest BCUT2D eigenvalue weighted by atomic mass is 31.2. The topological polar surface area (TPSA) is 17.1 Å². The van der Waals surface area contributed by atoms with Gasteiger partial charge in [-0.2, -0.15) is 0 Å². The number of hydrogen-bond donors (Lipinski definition) is 0. The summed E-state index contributed by atoms with van der Waals surface area (Å²) in [4.78, 5) is 0. The van der Waals surface area contributed by atoms with E-state index in [0.717, 1.165) is 23.2 Å². The third-order valence-electron chi connectivity index (χ3n) is 2.63. The van der Waals surface area contributed by atoms with Crippen LogP contribution in [0.25, 0.3) is 0 Å². The molecule has 0 spiro atoms. The lowest BCUT2D eigenvalue weighted by atomic mass is 10.4. The Bertz CT molecular complexity index is 378. The van der Waals surface area contributed by atoms with E-state index in [4.69, 9.17) is 0 Å². The Kier molecular flexibility index (Phi) is 2.13. The molecule has 0 saturated carbocycles. The molecule has 1 nitrogen and oxygen atoms in total. The highest BCUT2D eigenvalue weighted by Crippen LogP contribution is 2.56. The van der Waals surface area contributed by atoms with Crippen molar-refractivity contribution in [2.45, 2.75) is 13.3 Å². The second-order valence-corrected chi connectivity index (χ2v) is 6.58. The summed E-state index contributed by atoms with van der Waals surface area (Å²) in [5.41, 5.74) is 0. The van der Waals surface area contributed by atoms with E-state index in [0.29, 0.717) is 0 Å². The summed E-state index contributed by atoms with van der Waals surface area (Å²) >= 11 is 0. The molecule has 1 aromatic rings. The molecule has 0 saturated heterocycles. The van der Waals surface area contributed by atoms with E-state index >= 15 is 0 Å². The van der Waals surface area contributed by atoms with Crippen molar-refractivity contribution >= 4 is 12.4 Å². The summed E-state index contributed by atoms with van der Waals surface area (Å²) in [6.45, 7) is 1.99. The Morgan fingerprint density at radius 2 is 1.92 bits per heavy atom. The fourth-order valence-electron chi connectivity index (χ4n) is 1.78. The molecule has 13 heavy (non-hydrogen) atoms. The minimum Gasteiger partial charge on any atom is -0.314 e. The van der Waals surface area contributed by atoms with E-state index in [-0.39, 0.29) is 0 Å². The van der Waals surface area contributed by atoms with Crippen LogP contribution in [-0.4, -0.2) is 6.16 Å². The van der Waals surface area contributed by atoms with Crippen molar-refractivity contribution in [2.75, 3.05) is 6.16 Å². The first-order valence-corrected chi connectivity index (χ1v) is 6.45. The van der Waals surface area contributed by atoms with Gasteiger partial charge in [-0.1, -0.05) is 36.4 Å². The highest BCUT2D eigenvalue weighted by Gasteiger charge is 2.29. The fourth-order valence-corrected chi connectivity index (χ4v) is 4.37. The molecule has 1 aliphatic heterocycles. The van der Waals surface area contributed by atoms with Crippen LogP contribution in [0.1, 0.15) is 13.3 Å². The zero-order valence-electron chi connectivity index (χ0n) is 7.73. The summed E-state index contributed by atoms with van der Waals surface area (Å²) in [7, 11) is -2.15. The van der Waals surface area contributed by atoms with Gasteiger partial charge in [-0.05, 0) is 18.7 Å². The van der Waals surface area contributed by atoms with Crippen LogP contribution >= 0.6 is 7.14 Å². The van der Waals surface area contributed by atoms with Crippen LogP contribution in [0.2, 0.25) is 0 Å². The molecule has 2 rings (SSSR count). The molecule has 1 heterocycles. The molecule has 0 N–H and O–H groups in total. The van der Waals surface area contributed by atoms with Gasteiger partial charge in [0.05, 0.1) is 0 Å². The summed E-state index contributed by atoms with van der Waals surface area (Å²) < 4.78 is 12.5. The van der Waals surface area contributed by atoms with E-state index < -0.39 is 7.14 Å². The van der Waals surface area contributed by atoms with Crippen molar-refractivity contribution in [1.82, 2.24) is 0 Å². The van der Waals surface area contributed by atoms with Crippen molar-refractivity contribution < 1.29 is 4.57 Å². The Morgan fingerprint density at radius 3 is 2.46 bits per heavy atom. The lowest BCUT2D eigenvalue weighted by molar-refractivity contribution is 0.586. The number of allylic oxidation sites excluding steroid dienone is 2. The monoisotopic (exact) mass is 192 g/mol. The van der Waals surface area contributed by atoms with Gasteiger partial charge in [-0.25, -0.2) is 0 Å². The Hall–Kier alpha value is -0.810. The fraction of sp³-hybridized carbons (Fsp3) is 0.273. The van der Waals surface area contributed by atoms with Crippen molar-refractivity contribution in [2.24, 2.45) is 0 Å². The largest absolute Gasteiger partial charge is 0.314 e. The molecule has 0 fully saturated rings. The van der Waals surface area contributed by atoms with Crippen LogP contribution < -0.4 is 5.30 Å². The zero-order valence-corrected chi connectivity index (χ0v) is 8.63. The van der Waals surface area contributed by atoms with Crippen molar-refractivity contribution in [1.29, 1.82) is 0 Å². The number of benzene rings is 1. The maximum Gasteiger partial charge on any atom is 0.139 e. The minimum atomic E-state index is -2.15. The molecule has 0 aliphatic carbocycles. The van der Waals surface area contributed by atoms with Crippen LogP contribution in [0, 0.1) is 0 Å². The van der Waals surface area contributed by atoms with Crippen LogP contribution in [0.3, 0.4) is 0 Å². The molecule has 0 unspecified atom stereocenters. The molecular weight excluding hydrogens is 179 g/mol. The van der Waals surface area contributed by atoms with Crippen molar-refractivity contribution in [3.63, 3.8) is 0 Å². The first kappa shape index (κ1) is 8.77. The third-order valence-corrected chi connectivity index (χ3v) is 5.97. The van der Waals surface area contributed by atoms with Gasteiger partial charge in [-0.15, -0.1) is 0 Å². The summed E-state index contributed by atoms with van der Waals surface area (Å²) in [5, 5.41) is 2.10. The van der Waals surface area contributed by atoms with E-state index in [1.54, 1.807) is 0 Å². The summed E-state index contributed by atoms with van der Waals surface area (Å²) in [6.07, 6.45) is 3.90. The maximum absolute atomic E-state index is 12.5. The molecule has 1 aromatic carbocycles. The molecule has 1 atom stereocenters. The maximum atomic E-state index is 12.5. The average molecular weight is 192 g/mol. The van der Waals surface area contributed by atoms with E-state index in [1.165, 1.54) is 0 Å². The SMILES string of the molecule is CC1=CCC[P@@]1(=O)c1ccccc1. The average Bonchev–Trinajstić information content (AvgIpc) is 2.50. The lowest BCUT2D eigenvalue weighted by Gasteiger charge is -2.13. The van der Waals surface area contributed by atoms with Gasteiger partial charge >= 0.3 is 0 Å². The van der Waals surface area contributed by atoms with E-state index in [1.807, 2.05) is 37.3 Å². The molecule has 0 aromatic heterocycles. The molecule has 1 aliphatic rings. The molecule has 0 amide bonds. The van der Waals surface area contributed by atoms with Crippen LogP contribution in [0.5, 0.6) is 0 Å². The predicted octanol–water partition coefficient (Wildman–Crippen LogP) is 2.98. The Balaban J connectivity index is 2.48. The predicted molar refractivity (Wildman–Crippen MR) is 56.9 cm³/mol. The Morgan fingerprint density at radius 1 is 1.23 bits per heavy atom. The van der Waals surface area contributed by atoms with Gasteiger partial charge in [0.2, 0.25) is 0 Å². The van der Waals surface area contributed by atoms with Crippen LogP contribution in [0.15, 0.2) is 41.7 Å². The van der Waals surface area contributed by atoms with E-state index in [2.05, 4.69) is 6.08 Å². The van der Waals surface area contributed by atoms with Crippen LogP contribution in [0.4, 0.5) is 0 Å². The number of hydrogen-bond acceptors (Lipinski definition) is 1.